The Morgan fingerprint density at radius 2 is 1.91 bits per heavy atom. The predicted octanol–water partition coefficient (Wildman–Crippen LogP) is 3.85. The van der Waals surface area contributed by atoms with Crippen molar-refractivity contribution in [3.63, 3.8) is 0 Å². The van der Waals surface area contributed by atoms with Gasteiger partial charge >= 0.3 is 0 Å². The molecule has 3 aromatic rings. The molecule has 0 aliphatic rings. The lowest BCUT2D eigenvalue weighted by molar-refractivity contribution is 0.0953. The summed E-state index contributed by atoms with van der Waals surface area (Å²) in [5.74, 6) is 0.925. The number of pyridine rings is 1. The minimum atomic E-state index is -0.564. The summed E-state index contributed by atoms with van der Waals surface area (Å²) in [6.07, 6.45) is 5.22. The molecule has 1 heterocycles. The first-order valence-electron chi connectivity index (χ1n) is 10.5. The maximum absolute atomic E-state index is 12.7. The summed E-state index contributed by atoms with van der Waals surface area (Å²) in [6, 6.07) is 18.0. The highest BCUT2D eigenvalue weighted by Crippen LogP contribution is 2.13. The van der Waals surface area contributed by atoms with E-state index >= 15 is 0 Å². The zero-order valence-corrected chi connectivity index (χ0v) is 18.3. The number of nitrogens with one attached hydrogen (secondary N) is 1. The molecule has 0 atom stereocenters. The van der Waals surface area contributed by atoms with Gasteiger partial charge in [-0.3, -0.25) is 9.59 Å². The van der Waals surface area contributed by atoms with Crippen molar-refractivity contribution in [3.05, 3.63) is 93.9 Å². The number of ether oxygens (including phenoxy) is 2. The van der Waals surface area contributed by atoms with Gasteiger partial charge < -0.3 is 14.0 Å². The molecule has 0 saturated heterocycles. The van der Waals surface area contributed by atoms with Gasteiger partial charge in [-0.2, -0.15) is 5.10 Å². The van der Waals surface area contributed by atoms with Gasteiger partial charge in [0.1, 0.15) is 17.1 Å². The summed E-state index contributed by atoms with van der Waals surface area (Å²) in [6.45, 7) is 3.11. The minimum absolute atomic E-state index is 0.0230. The van der Waals surface area contributed by atoms with Crippen LogP contribution in [-0.4, -0.2) is 30.4 Å². The van der Waals surface area contributed by atoms with Crippen molar-refractivity contribution in [3.8, 4) is 11.5 Å². The normalized spacial score (nSPS) is 10.8. The smallest absolute Gasteiger partial charge is 0.276 e. The molecular weight excluding hydrogens is 406 g/mol. The highest BCUT2D eigenvalue weighted by atomic mass is 16.5. The number of carbonyl (C=O) groups is 1. The Hall–Kier alpha value is -3.87. The molecule has 0 radical (unpaired) electrons. The number of benzene rings is 2. The number of hydrogen-bond donors (Lipinski definition) is 1. The Morgan fingerprint density at radius 3 is 2.66 bits per heavy atom. The van der Waals surface area contributed by atoms with E-state index in [0.29, 0.717) is 13.2 Å². The van der Waals surface area contributed by atoms with Crippen LogP contribution in [0.1, 0.15) is 41.3 Å². The lowest BCUT2D eigenvalue weighted by Crippen LogP contribution is -2.30. The first-order valence-corrected chi connectivity index (χ1v) is 10.5. The van der Waals surface area contributed by atoms with Crippen molar-refractivity contribution in [2.45, 2.75) is 26.3 Å². The average Bonchev–Trinajstić information content (AvgIpc) is 2.81. The van der Waals surface area contributed by atoms with E-state index in [1.165, 1.54) is 16.8 Å². The lowest BCUT2D eigenvalue weighted by atomic mass is 10.2. The fourth-order valence-corrected chi connectivity index (χ4v) is 3.01. The van der Waals surface area contributed by atoms with Gasteiger partial charge in [0.05, 0.1) is 26.5 Å². The monoisotopic (exact) mass is 433 g/mol. The molecule has 1 amide bonds. The van der Waals surface area contributed by atoms with E-state index in [9.17, 15) is 9.59 Å². The summed E-state index contributed by atoms with van der Waals surface area (Å²) in [4.78, 5) is 25.3. The molecule has 32 heavy (non-hydrogen) atoms. The van der Waals surface area contributed by atoms with E-state index in [1.807, 2.05) is 48.5 Å². The maximum Gasteiger partial charge on any atom is 0.276 e. The highest BCUT2D eigenvalue weighted by Gasteiger charge is 2.11. The van der Waals surface area contributed by atoms with Crippen molar-refractivity contribution in [1.82, 2.24) is 9.99 Å². The third-order valence-electron chi connectivity index (χ3n) is 4.78. The summed E-state index contributed by atoms with van der Waals surface area (Å²) >= 11 is 0. The van der Waals surface area contributed by atoms with E-state index in [2.05, 4.69) is 17.5 Å². The summed E-state index contributed by atoms with van der Waals surface area (Å²) in [7, 11) is 1.60. The molecule has 2 aromatic carbocycles. The molecule has 0 aliphatic heterocycles. The van der Waals surface area contributed by atoms with Crippen LogP contribution < -0.4 is 20.5 Å². The second-order valence-electron chi connectivity index (χ2n) is 7.18. The number of hydrazone groups is 1. The second-order valence-corrected chi connectivity index (χ2v) is 7.18. The third-order valence-corrected chi connectivity index (χ3v) is 4.78. The standard InChI is InChI=1S/C25H27N3O4/c1-3-4-15-32-22-8-5-7-20(16-22)17-26-27-24(29)23-9-6-14-28(25(23)30)18-19-10-12-21(31-2)13-11-19/h5-14,16-17H,3-4,15,18H2,1-2H3,(H,27,29)/b26-17-. The summed E-state index contributed by atoms with van der Waals surface area (Å²) in [5.41, 5.74) is 3.76. The Morgan fingerprint density at radius 1 is 1.09 bits per heavy atom. The molecule has 7 nitrogen and oxygen atoms in total. The van der Waals surface area contributed by atoms with Crippen LogP contribution in [0.15, 0.2) is 76.8 Å². The van der Waals surface area contributed by atoms with Crippen LogP contribution in [0.2, 0.25) is 0 Å². The quantitative estimate of drug-likeness (QED) is 0.299. The van der Waals surface area contributed by atoms with Crippen LogP contribution in [0.3, 0.4) is 0 Å². The molecule has 166 valence electrons. The first-order chi connectivity index (χ1) is 15.6. The van der Waals surface area contributed by atoms with Crippen molar-refractivity contribution in [2.75, 3.05) is 13.7 Å². The third kappa shape index (κ3) is 6.31. The highest BCUT2D eigenvalue weighted by molar-refractivity contribution is 5.94. The number of carbonyl (C=O) groups excluding carboxylic acids is 1. The van der Waals surface area contributed by atoms with E-state index in [4.69, 9.17) is 9.47 Å². The number of unbranched alkanes of at least 4 members (excludes halogenated alkanes) is 1. The second kappa shape index (κ2) is 11.5. The molecule has 0 unspecified atom stereocenters. The topological polar surface area (TPSA) is 81.9 Å². The van der Waals surface area contributed by atoms with Gasteiger partial charge in [-0.05, 0) is 53.9 Å². The van der Waals surface area contributed by atoms with Crippen molar-refractivity contribution in [2.24, 2.45) is 5.10 Å². The molecule has 0 spiro atoms. The number of methoxy groups -OCH3 is 1. The molecule has 3 rings (SSSR count). The van der Waals surface area contributed by atoms with Gasteiger partial charge in [0, 0.05) is 6.20 Å². The van der Waals surface area contributed by atoms with Gasteiger partial charge in [0.25, 0.3) is 11.5 Å². The number of rotatable bonds is 10. The van der Waals surface area contributed by atoms with Crippen LogP contribution in [0.25, 0.3) is 0 Å². The zero-order chi connectivity index (χ0) is 22.8. The Labute approximate surface area is 187 Å². The first kappa shape index (κ1) is 22.8. The van der Waals surface area contributed by atoms with Gasteiger partial charge in [0.2, 0.25) is 0 Å². The van der Waals surface area contributed by atoms with Crippen LogP contribution in [0, 0.1) is 0 Å². The van der Waals surface area contributed by atoms with Gasteiger partial charge in [-0.1, -0.05) is 37.6 Å². The van der Waals surface area contributed by atoms with E-state index < -0.39 is 5.91 Å². The van der Waals surface area contributed by atoms with Gasteiger partial charge in [0.15, 0.2) is 0 Å². The number of nitrogens with zero attached hydrogens (tertiary/aromatic N) is 2. The molecule has 0 saturated carbocycles. The molecule has 0 aliphatic carbocycles. The Kier molecular flexibility index (Phi) is 8.20. The summed E-state index contributed by atoms with van der Waals surface area (Å²) < 4.78 is 12.3. The Balaban J connectivity index is 1.64. The molecular formula is C25H27N3O4. The van der Waals surface area contributed by atoms with Gasteiger partial charge in [-0.15, -0.1) is 0 Å². The average molecular weight is 434 g/mol. The number of aromatic nitrogens is 1. The van der Waals surface area contributed by atoms with Crippen LogP contribution >= 0.6 is 0 Å². The van der Waals surface area contributed by atoms with Crippen LogP contribution in [0.5, 0.6) is 11.5 Å². The van der Waals surface area contributed by atoms with Crippen molar-refractivity contribution >= 4 is 12.1 Å². The fraction of sp³-hybridized carbons (Fsp3) is 0.240. The lowest BCUT2D eigenvalue weighted by Gasteiger charge is -2.08. The molecule has 0 bridgehead atoms. The van der Waals surface area contributed by atoms with E-state index in [-0.39, 0.29) is 11.1 Å². The van der Waals surface area contributed by atoms with Crippen LogP contribution in [-0.2, 0) is 6.54 Å². The largest absolute Gasteiger partial charge is 0.497 e. The fourth-order valence-electron chi connectivity index (χ4n) is 3.01. The van der Waals surface area contributed by atoms with Gasteiger partial charge in [-0.25, -0.2) is 5.43 Å². The van der Waals surface area contributed by atoms with Crippen molar-refractivity contribution < 1.29 is 14.3 Å². The predicted molar refractivity (Wildman–Crippen MR) is 125 cm³/mol. The van der Waals surface area contributed by atoms with Crippen LogP contribution in [0.4, 0.5) is 0 Å². The summed E-state index contributed by atoms with van der Waals surface area (Å²) in [5, 5.41) is 3.99. The number of hydrogen-bond acceptors (Lipinski definition) is 5. The minimum Gasteiger partial charge on any atom is -0.497 e. The SMILES string of the molecule is CCCCOc1cccc(/C=N\NC(=O)c2cccn(Cc3ccc(OC)cc3)c2=O)c1. The zero-order valence-electron chi connectivity index (χ0n) is 18.3. The maximum atomic E-state index is 12.7. The van der Waals surface area contributed by atoms with E-state index in [0.717, 1.165) is 35.5 Å². The molecule has 1 aromatic heterocycles. The van der Waals surface area contributed by atoms with E-state index in [1.54, 1.807) is 19.4 Å². The Bertz CT molecular complexity index is 1120. The molecule has 7 heteroatoms. The number of amides is 1. The molecule has 1 N–H and O–H groups in total. The van der Waals surface area contributed by atoms with Crippen molar-refractivity contribution in [1.29, 1.82) is 0 Å². The molecule has 0 fully saturated rings.